The van der Waals surface area contributed by atoms with Crippen molar-refractivity contribution in [2.75, 3.05) is 0 Å². The maximum Gasteiger partial charge on any atom is 0.196 e. The Morgan fingerprint density at radius 2 is 2.03 bits per heavy atom. The molecule has 1 saturated carbocycles. The van der Waals surface area contributed by atoms with E-state index in [1.807, 2.05) is 0 Å². The number of aliphatic hydroxyl groups is 1. The molecule has 0 spiro atoms. The number of aliphatic imine (C=N–C) groups is 1. The van der Waals surface area contributed by atoms with Gasteiger partial charge in [0.1, 0.15) is 11.9 Å². The second-order valence-corrected chi connectivity index (χ2v) is 9.14. The van der Waals surface area contributed by atoms with Crippen LogP contribution in [0.1, 0.15) is 49.9 Å². The normalized spacial score (nSPS) is 30.2. The Kier molecular flexibility index (Phi) is 4.85. The maximum absolute atomic E-state index is 13.5. The van der Waals surface area contributed by atoms with Gasteiger partial charge in [-0.05, 0) is 48.8 Å². The highest BCUT2D eigenvalue weighted by atomic mass is 19.1. The second-order valence-electron chi connectivity index (χ2n) is 9.14. The standard InChI is InChI=1S/C22H25FN6O2/c1-22(8-15-11-24-29-28-15)9-17-19(18(31)10-22)20(12-2-4-13(23)5-3-12)27-21(26-17)25-14-6-16(30)7-14/h2-5,11,14,16,20,30H,6-10H2,1H3,(H,24,28,29)(H2,25,26,27)/t14?,16?,20-,22-/m0/s1. The van der Waals surface area contributed by atoms with Crippen molar-refractivity contribution in [3.8, 4) is 0 Å². The fourth-order valence-electron chi connectivity index (χ4n) is 4.76. The van der Waals surface area contributed by atoms with Crippen molar-refractivity contribution in [1.29, 1.82) is 0 Å². The highest BCUT2D eigenvalue weighted by molar-refractivity contribution is 6.01. The van der Waals surface area contributed by atoms with Gasteiger partial charge >= 0.3 is 0 Å². The fourth-order valence-corrected chi connectivity index (χ4v) is 4.76. The van der Waals surface area contributed by atoms with Gasteiger partial charge in [0.25, 0.3) is 0 Å². The molecule has 31 heavy (non-hydrogen) atoms. The van der Waals surface area contributed by atoms with Gasteiger partial charge in [0, 0.05) is 23.7 Å². The minimum atomic E-state index is -0.492. The summed E-state index contributed by atoms with van der Waals surface area (Å²) in [6.45, 7) is 2.08. The smallest absolute Gasteiger partial charge is 0.196 e. The zero-order valence-corrected chi connectivity index (χ0v) is 17.2. The molecule has 2 atom stereocenters. The first kappa shape index (κ1) is 19.9. The molecule has 9 heteroatoms. The Hall–Kier alpha value is -3.07. The Morgan fingerprint density at radius 3 is 2.71 bits per heavy atom. The molecular formula is C22H25FN6O2. The van der Waals surface area contributed by atoms with E-state index < -0.39 is 6.04 Å². The molecule has 2 aliphatic carbocycles. The topological polar surface area (TPSA) is 115 Å². The monoisotopic (exact) mass is 424 g/mol. The van der Waals surface area contributed by atoms with Crippen molar-refractivity contribution in [2.45, 2.75) is 57.2 Å². The average molecular weight is 424 g/mol. The van der Waals surface area contributed by atoms with Crippen LogP contribution in [0.15, 0.2) is 46.7 Å². The van der Waals surface area contributed by atoms with Crippen molar-refractivity contribution in [1.82, 2.24) is 26.0 Å². The van der Waals surface area contributed by atoms with E-state index in [2.05, 4.69) is 33.0 Å². The van der Waals surface area contributed by atoms with Crippen LogP contribution in [0.4, 0.5) is 4.39 Å². The summed E-state index contributed by atoms with van der Waals surface area (Å²) in [7, 11) is 0. The number of aromatic nitrogens is 3. The highest BCUT2D eigenvalue weighted by Gasteiger charge is 2.42. The summed E-state index contributed by atoms with van der Waals surface area (Å²) in [6, 6.07) is 5.79. The molecule has 1 fully saturated rings. The Bertz CT molecular complexity index is 1040. The first-order valence-corrected chi connectivity index (χ1v) is 10.5. The molecule has 1 aromatic heterocycles. The molecule has 0 radical (unpaired) electrons. The second kappa shape index (κ2) is 7.56. The largest absolute Gasteiger partial charge is 0.393 e. The van der Waals surface area contributed by atoms with Gasteiger partial charge in [0.2, 0.25) is 0 Å². The van der Waals surface area contributed by atoms with Gasteiger partial charge in [-0.15, -0.1) is 0 Å². The van der Waals surface area contributed by atoms with E-state index in [1.165, 1.54) is 12.1 Å². The number of nitrogens with zero attached hydrogens (tertiary/aromatic N) is 3. The summed E-state index contributed by atoms with van der Waals surface area (Å²) in [5, 5.41) is 27.0. The van der Waals surface area contributed by atoms with Crippen LogP contribution in [-0.4, -0.2) is 44.4 Å². The summed E-state index contributed by atoms with van der Waals surface area (Å²) in [6.07, 6.45) is 4.40. The third-order valence-electron chi connectivity index (χ3n) is 6.33. The number of hydrogen-bond donors (Lipinski definition) is 4. The number of Topliss-reactive ketones (excluding diaryl/α,β-unsaturated/α-hetero) is 1. The number of rotatable bonds is 4. The van der Waals surface area contributed by atoms with E-state index in [-0.39, 0.29) is 29.2 Å². The third kappa shape index (κ3) is 3.97. The molecule has 1 aliphatic heterocycles. The van der Waals surface area contributed by atoms with E-state index in [1.54, 1.807) is 18.3 Å². The number of nitrogens with one attached hydrogen (secondary N) is 3. The number of H-pyrrole nitrogens is 1. The van der Waals surface area contributed by atoms with Crippen LogP contribution >= 0.6 is 0 Å². The number of ketones is 1. The number of allylic oxidation sites excluding steroid dienone is 1. The molecule has 1 aromatic carbocycles. The zero-order valence-electron chi connectivity index (χ0n) is 17.2. The van der Waals surface area contributed by atoms with Gasteiger partial charge in [-0.25, -0.2) is 9.38 Å². The van der Waals surface area contributed by atoms with Gasteiger partial charge in [-0.3, -0.25) is 4.79 Å². The van der Waals surface area contributed by atoms with Crippen LogP contribution in [0, 0.1) is 11.2 Å². The first-order valence-electron chi connectivity index (χ1n) is 10.5. The molecule has 0 unspecified atom stereocenters. The molecule has 4 N–H and O–H groups in total. The molecule has 2 aromatic rings. The van der Waals surface area contributed by atoms with Crippen LogP contribution in [0.5, 0.6) is 0 Å². The quantitative estimate of drug-likeness (QED) is 0.596. The van der Waals surface area contributed by atoms with Crippen LogP contribution in [0.3, 0.4) is 0 Å². The van der Waals surface area contributed by atoms with Crippen molar-refractivity contribution >= 4 is 11.7 Å². The molecule has 0 saturated heterocycles. The Morgan fingerprint density at radius 1 is 1.26 bits per heavy atom. The number of hydrogen-bond acceptors (Lipinski definition) is 7. The van der Waals surface area contributed by atoms with E-state index >= 15 is 0 Å². The molecule has 3 aliphatic rings. The number of benzene rings is 1. The van der Waals surface area contributed by atoms with Gasteiger partial charge in [0.15, 0.2) is 11.7 Å². The minimum Gasteiger partial charge on any atom is -0.393 e. The lowest BCUT2D eigenvalue weighted by Gasteiger charge is -2.40. The molecule has 0 amide bonds. The molecule has 8 nitrogen and oxygen atoms in total. The number of guanidine groups is 1. The van der Waals surface area contributed by atoms with Gasteiger partial charge in [0.05, 0.1) is 18.0 Å². The third-order valence-corrected chi connectivity index (χ3v) is 6.33. The number of carbonyl (C=O) groups excluding carboxylic acids is 1. The lowest BCUT2D eigenvalue weighted by molar-refractivity contribution is -0.118. The summed E-state index contributed by atoms with van der Waals surface area (Å²) >= 11 is 0. The molecule has 5 rings (SSSR count). The molecular weight excluding hydrogens is 399 g/mol. The van der Waals surface area contributed by atoms with Crippen LogP contribution in [0.25, 0.3) is 0 Å². The fraction of sp³-hybridized carbons (Fsp3) is 0.455. The van der Waals surface area contributed by atoms with Crippen LogP contribution in [0.2, 0.25) is 0 Å². The molecule has 162 valence electrons. The van der Waals surface area contributed by atoms with Crippen molar-refractivity contribution in [2.24, 2.45) is 10.4 Å². The molecule has 0 bridgehead atoms. The van der Waals surface area contributed by atoms with Crippen LogP contribution in [-0.2, 0) is 11.2 Å². The Labute approximate surface area is 179 Å². The minimum absolute atomic E-state index is 0.0379. The van der Waals surface area contributed by atoms with Crippen molar-refractivity contribution < 1.29 is 14.3 Å². The lowest BCUT2D eigenvalue weighted by atomic mass is 9.69. The summed E-state index contributed by atoms with van der Waals surface area (Å²) < 4.78 is 13.5. The number of aliphatic hydroxyl groups excluding tert-OH is 1. The van der Waals surface area contributed by atoms with Gasteiger partial charge in [-0.2, -0.15) is 15.4 Å². The summed E-state index contributed by atoms with van der Waals surface area (Å²) in [5.41, 5.74) is 2.78. The predicted octanol–water partition coefficient (Wildman–Crippen LogP) is 1.92. The number of halogens is 1. The van der Waals surface area contributed by atoms with Gasteiger partial charge < -0.3 is 15.7 Å². The first-order chi connectivity index (χ1) is 14.9. The van der Waals surface area contributed by atoms with E-state index in [0.29, 0.717) is 43.6 Å². The maximum atomic E-state index is 13.5. The highest BCUT2D eigenvalue weighted by Crippen LogP contribution is 2.44. The average Bonchev–Trinajstić information content (AvgIpc) is 3.18. The van der Waals surface area contributed by atoms with Crippen LogP contribution < -0.4 is 10.6 Å². The predicted molar refractivity (Wildman–Crippen MR) is 111 cm³/mol. The lowest BCUT2D eigenvalue weighted by Crippen LogP contribution is -2.53. The summed E-state index contributed by atoms with van der Waals surface area (Å²) in [4.78, 5) is 18.1. The number of aromatic amines is 1. The van der Waals surface area contributed by atoms with E-state index in [0.717, 1.165) is 17.0 Å². The summed E-state index contributed by atoms with van der Waals surface area (Å²) in [5.74, 6) is 0.298. The molecule has 2 heterocycles. The van der Waals surface area contributed by atoms with Crippen molar-refractivity contribution in [3.05, 3.63) is 58.8 Å². The SMILES string of the molecule is C[C@@]1(Cc2cn[nH]n2)CC(=O)C2=C(C1)NC(NC1CC(O)C1)=N[C@H]2c1ccc(F)cc1. The van der Waals surface area contributed by atoms with Crippen molar-refractivity contribution in [3.63, 3.8) is 0 Å². The van der Waals surface area contributed by atoms with Gasteiger partial charge in [-0.1, -0.05) is 19.1 Å². The number of carbonyl (C=O) groups is 1. The Balaban J connectivity index is 1.47. The van der Waals surface area contributed by atoms with E-state index in [4.69, 9.17) is 4.99 Å². The van der Waals surface area contributed by atoms with E-state index in [9.17, 15) is 14.3 Å². The zero-order chi connectivity index (χ0) is 21.6.